The van der Waals surface area contributed by atoms with Gasteiger partial charge in [0, 0.05) is 25.2 Å². The molecule has 0 radical (unpaired) electrons. The maximum atomic E-state index is 13.1. The molecule has 116 valence electrons. The van der Waals surface area contributed by atoms with Crippen LogP contribution in [0.5, 0.6) is 0 Å². The Morgan fingerprint density at radius 1 is 1.19 bits per heavy atom. The summed E-state index contributed by atoms with van der Waals surface area (Å²) in [6.45, 7) is 10.7. The average Bonchev–Trinajstić information content (AvgIpc) is 2.40. The summed E-state index contributed by atoms with van der Waals surface area (Å²) in [5.74, 6) is -0.198. The van der Waals surface area contributed by atoms with Crippen molar-refractivity contribution in [3.63, 3.8) is 0 Å². The Kier molecular flexibility index (Phi) is 4.84. The fourth-order valence-corrected chi connectivity index (χ4v) is 3.13. The molecule has 2 nitrogen and oxygen atoms in total. The van der Waals surface area contributed by atoms with Crippen molar-refractivity contribution in [2.24, 2.45) is 11.1 Å². The van der Waals surface area contributed by atoms with Crippen molar-refractivity contribution in [2.75, 3.05) is 13.1 Å². The third-order valence-electron chi connectivity index (χ3n) is 4.31. The van der Waals surface area contributed by atoms with Crippen molar-refractivity contribution >= 4 is 0 Å². The van der Waals surface area contributed by atoms with Gasteiger partial charge in [0.1, 0.15) is 5.82 Å². The molecule has 2 atom stereocenters. The molecule has 0 bridgehead atoms. The molecule has 3 heteroatoms. The molecule has 2 rings (SSSR count). The second kappa shape index (κ2) is 6.29. The minimum absolute atomic E-state index is 0.0139. The Bertz CT molecular complexity index is 497. The number of hydrogen-bond acceptors (Lipinski definition) is 2. The topological polar surface area (TPSA) is 29.3 Å². The Labute approximate surface area is 127 Å². The van der Waals surface area contributed by atoms with Gasteiger partial charge in [-0.2, -0.15) is 0 Å². The standard InChI is InChI=1S/C18H27FN2/c1-13(20)17(14-5-7-16(19)8-6-14)21-11-9-15(10-12-21)18(2,3)4/h5-9,13,17H,10-12,20H2,1-4H3. The fourth-order valence-electron chi connectivity index (χ4n) is 3.13. The van der Waals surface area contributed by atoms with Gasteiger partial charge >= 0.3 is 0 Å². The highest BCUT2D eigenvalue weighted by molar-refractivity contribution is 5.23. The highest BCUT2D eigenvalue weighted by Gasteiger charge is 2.28. The van der Waals surface area contributed by atoms with Gasteiger partial charge < -0.3 is 5.73 Å². The lowest BCUT2D eigenvalue weighted by Crippen LogP contribution is -2.42. The second-order valence-corrected chi connectivity index (χ2v) is 7.08. The predicted molar refractivity (Wildman–Crippen MR) is 86.5 cm³/mol. The van der Waals surface area contributed by atoms with Crippen LogP contribution >= 0.6 is 0 Å². The van der Waals surface area contributed by atoms with Gasteiger partial charge in [0.05, 0.1) is 0 Å². The van der Waals surface area contributed by atoms with Crippen LogP contribution < -0.4 is 5.73 Å². The molecule has 21 heavy (non-hydrogen) atoms. The van der Waals surface area contributed by atoms with Crippen LogP contribution in [0.25, 0.3) is 0 Å². The Morgan fingerprint density at radius 3 is 2.24 bits per heavy atom. The Balaban J connectivity index is 2.18. The van der Waals surface area contributed by atoms with Crippen molar-refractivity contribution in [3.05, 3.63) is 47.3 Å². The van der Waals surface area contributed by atoms with E-state index in [9.17, 15) is 4.39 Å². The van der Waals surface area contributed by atoms with Crippen molar-refractivity contribution in [2.45, 2.75) is 46.2 Å². The van der Waals surface area contributed by atoms with Crippen LogP contribution in [-0.2, 0) is 0 Å². The number of hydrogen-bond donors (Lipinski definition) is 1. The molecular formula is C18H27FN2. The van der Waals surface area contributed by atoms with E-state index in [1.807, 2.05) is 19.1 Å². The fraction of sp³-hybridized carbons (Fsp3) is 0.556. The molecule has 0 fully saturated rings. The third-order valence-corrected chi connectivity index (χ3v) is 4.31. The van der Waals surface area contributed by atoms with Crippen LogP contribution in [0.1, 0.15) is 45.7 Å². The molecule has 0 aliphatic carbocycles. The largest absolute Gasteiger partial charge is 0.326 e. The van der Waals surface area contributed by atoms with Crippen LogP contribution in [0.4, 0.5) is 4.39 Å². The van der Waals surface area contributed by atoms with Crippen molar-refractivity contribution < 1.29 is 4.39 Å². The maximum Gasteiger partial charge on any atom is 0.123 e. The smallest absolute Gasteiger partial charge is 0.123 e. The lowest BCUT2D eigenvalue weighted by Gasteiger charge is -2.38. The van der Waals surface area contributed by atoms with Crippen LogP contribution in [0.3, 0.4) is 0 Å². The van der Waals surface area contributed by atoms with Gasteiger partial charge in [-0.15, -0.1) is 0 Å². The van der Waals surface area contributed by atoms with Gasteiger partial charge in [-0.25, -0.2) is 4.39 Å². The van der Waals surface area contributed by atoms with Crippen LogP contribution in [0.2, 0.25) is 0 Å². The zero-order valence-corrected chi connectivity index (χ0v) is 13.6. The maximum absolute atomic E-state index is 13.1. The number of benzene rings is 1. The molecule has 2 unspecified atom stereocenters. The molecule has 1 heterocycles. The van der Waals surface area contributed by atoms with Crippen LogP contribution in [-0.4, -0.2) is 24.0 Å². The zero-order chi connectivity index (χ0) is 15.6. The van der Waals surface area contributed by atoms with Crippen LogP contribution in [0, 0.1) is 11.2 Å². The van der Waals surface area contributed by atoms with Crippen LogP contribution in [0.15, 0.2) is 35.9 Å². The number of nitrogens with zero attached hydrogens (tertiary/aromatic N) is 1. The van der Waals surface area contributed by atoms with Crippen molar-refractivity contribution in [1.82, 2.24) is 4.90 Å². The molecule has 2 N–H and O–H groups in total. The predicted octanol–water partition coefficient (Wildman–Crippen LogP) is 3.89. The minimum atomic E-state index is -0.198. The number of nitrogens with two attached hydrogens (primary N) is 1. The number of halogens is 1. The second-order valence-electron chi connectivity index (χ2n) is 7.08. The van der Waals surface area contributed by atoms with E-state index in [-0.39, 0.29) is 23.3 Å². The van der Waals surface area contributed by atoms with Crippen molar-refractivity contribution in [1.29, 1.82) is 0 Å². The molecule has 1 aliphatic heterocycles. The van der Waals surface area contributed by atoms with E-state index >= 15 is 0 Å². The lowest BCUT2D eigenvalue weighted by atomic mass is 9.82. The molecule has 0 spiro atoms. The summed E-state index contributed by atoms with van der Waals surface area (Å²) in [6.07, 6.45) is 3.41. The Hall–Kier alpha value is -1.19. The first-order valence-corrected chi connectivity index (χ1v) is 7.73. The summed E-state index contributed by atoms with van der Waals surface area (Å²) in [6, 6.07) is 6.90. The third kappa shape index (κ3) is 3.92. The summed E-state index contributed by atoms with van der Waals surface area (Å²) in [7, 11) is 0. The first-order chi connectivity index (χ1) is 9.79. The highest BCUT2D eigenvalue weighted by atomic mass is 19.1. The van der Waals surface area contributed by atoms with Gasteiger partial charge in [0.15, 0.2) is 0 Å². The van der Waals surface area contributed by atoms with E-state index in [4.69, 9.17) is 5.73 Å². The van der Waals surface area contributed by atoms with Gasteiger partial charge in [0.2, 0.25) is 0 Å². The SMILES string of the molecule is CC(N)C(c1ccc(F)cc1)N1CC=C(C(C)(C)C)CC1. The molecule has 1 aliphatic rings. The van der Waals surface area contributed by atoms with Gasteiger partial charge in [0.25, 0.3) is 0 Å². The first kappa shape index (κ1) is 16.2. The summed E-state index contributed by atoms with van der Waals surface area (Å²) in [4.78, 5) is 2.40. The number of rotatable bonds is 3. The molecule has 0 saturated carbocycles. The average molecular weight is 290 g/mol. The summed E-state index contributed by atoms with van der Waals surface area (Å²) in [5, 5.41) is 0. The Morgan fingerprint density at radius 2 is 1.81 bits per heavy atom. The highest BCUT2D eigenvalue weighted by Crippen LogP contribution is 2.33. The van der Waals surface area contributed by atoms with E-state index in [1.165, 1.54) is 17.7 Å². The molecule has 1 aromatic carbocycles. The van der Waals surface area contributed by atoms with E-state index < -0.39 is 0 Å². The van der Waals surface area contributed by atoms with Gasteiger partial charge in [-0.05, 0) is 36.5 Å². The summed E-state index contributed by atoms with van der Waals surface area (Å²) >= 11 is 0. The monoisotopic (exact) mass is 290 g/mol. The summed E-state index contributed by atoms with van der Waals surface area (Å²) in [5.41, 5.74) is 9.06. The first-order valence-electron chi connectivity index (χ1n) is 7.73. The normalized spacial score (nSPS) is 20.0. The zero-order valence-electron chi connectivity index (χ0n) is 13.6. The molecule has 0 aromatic heterocycles. The van der Waals surface area contributed by atoms with Gasteiger partial charge in [-0.3, -0.25) is 4.90 Å². The van der Waals surface area contributed by atoms with E-state index in [2.05, 4.69) is 31.7 Å². The summed E-state index contributed by atoms with van der Waals surface area (Å²) < 4.78 is 13.1. The lowest BCUT2D eigenvalue weighted by molar-refractivity contribution is 0.184. The minimum Gasteiger partial charge on any atom is -0.326 e. The van der Waals surface area contributed by atoms with E-state index in [1.54, 1.807) is 0 Å². The van der Waals surface area contributed by atoms with E-state index in [0.717, 1.165) is 25.1 Å². The van der Waals surface area contributed by atoms with Crippen molar-refractivity contribution in [3.8, 4) is 0 Å². The molecule has 0 saturated heterocycles. The molecule has 1 aromatic rings. The molecule has 0 amide bonds. The molecular weight excluding hydrogens is 263 g/mol. The van der Waals surface area contributed by atoms with E-state index in [0.29, 0.717) is 0 Å². The quantitative estimate of drug-likeness (QED) is 0.856. The van der Waals surface area contributed by atoms with Gasteiger partial charge in [-0.1, -0.05) is 44.6 Å².